The van der Waals surface area contributed by atoms with Gasteiger partial charge in [-0.2, -0.15) is 0 Å². The van der Waals surface area contributed by atoms with Crippen molar-refractivity contribution in [3.63, 3.8) is 0 Å². The van der Waals surface area contributed by atoms with Gasteiger partial charge in [0.2, 0.25) is 0 Å². The summed E-state index contributed by atoms with van der Waals surface area (Å²) in [5, 5.41) is 13.9. The van der Waals surface area contributed by atoms with E-state index in [1.807, 2.05) is 0 Å². The number of rotatable bonds is 4. The van der Waals surface area contributed by atoms with Gasteiger partial charge in [0.25, 0.3) is 0 Å². The molecule has 100 valence electrons. The molecule has 17 heavy (non-hydrogen) atoms. The molecule has 4 nitrogen and oxygen atoms in total. The lowest BCUT2D eigenvalue weighted by Gasteiger charge is -2.37. The number of piperidine rings is 1. The zero-order valence-electron chi connectivity index (χ0n) is 11.0. The van der Waals surface area contributed by atoms with Gasteiger partial charge >= 0.3 is 0 Å². The van der Waals surface area contributed by atoms with Gasteiger partial charge in [-0.25, -0.2) is 0 Å². The van der Waals surface area contributed by atoms with Gasteiger partial charge < -0.3 is 20.1 Å². The predicted octanol–water partition coefficient (Wildman–Crippen LogP) is 0.459. The Balaban J connectivity index is 1.73. The summed E-state index contributed by atoms with van der Waals surface area (Å²) in [4.78, 5) is 2.29. The Morgan fingerprint density at radius 2 is 2.18 bits per heavy atom. The fourth-order valence-corrected chi connectivity index (χ4v) is 3.00. The van der Waals surface area contributed by atoms with Crippen LogP contribution in [0.25, 0.3) is 0 Å². The molecule has 2 aliphatic heterocycles. The molecular weight excluding hydrogens is 216 g/mol. The second-order valence-electron chi connectivity index (χ2n) is 5.75. The van der Waals surface area contributed by atoms with Crippen molar-refractivity contribution >= 4 is 0 Å². The molecule has 0 bridgehead atoms. The first-order valence-electron chi connectivity index (χ1n) is 6.87. The summed E-state index contributed by atoms with van der Waals surface area (Å²) in [6.45, 7) is 5.58. The summed E-state index contributed by atoms with van der Waals surface area (Å²) < 4.78 is 5.31. The Labute approximate surface area is 104 Å². The van der Waals surface area contributed by atoms with Gasteiger partial charge in [0.1, 0.15) is 0 Å². The Kier molecular flexibility index (Phi) is 4.79. The molecule has 2 N–H and O–H groups in total. The van der Waals surface area contributed by atoms with Gasteiger partial charge in [-0.1, -0.05) is 0 Å². The van der Waals surface area contributed by atoms with E-state index in [2.05, 4.69) is 17.3 Å². The first-order valence-corrected chi connectivity index (χ1v) is 6.87. The van der Waals surface area contributed by atoms with Crippen LogP contribution in [0.2, 0.25) is 0 Å². The molecular formula is C13H26N2O2. The Morgan fingerprint density at radius 3 is 2.82 bits per heavy atom. The van der Waals surface area contributed by atoms with E-state index in [-0.39, 0.29) is 0 Å². The maximum atomic E-state index is 10.4. The van der Waals surface area contributed by atoms with Crippen LogP contribution < -0.4 is 5.32 Å². The second-order valence-corrected chi connectivity index (χ2v) is 5.75. The largest absolute Gasteiger partial charge is 0.388 e. The second kappa shape index (κ2) is 6.14. The fourth-order valence-electron chi connectivity index (χ4n) is 3.00. The molecule has 2 fully saturated rings. The molecule has 2 heterocycles. The van der Waals surface area contributed by atoms with Gasteiger partial charge in [0, 0.05) is 39.1 Å². The number of hydrogen-bond donors (Lipinski definition) is 2. The minimum Gasteiger partial charge on any atom is -0.388 e. The number of ether oxygens (including phenoxy) is 1. The van der Waals surface area contributed by atoms with Crippen LogP contribution in [-0.4, -0.2) is 62.0 Å². The van der Waals surface area contributed by atoms with Crippen LogP contribution in [0, 0.1) is 5.92 Å². The van der Waals surface area contributed by atoms with E-state index < -0.39 is 5.60 Å². The lowest BCUT2D eigenvalue weighted by molar-refractivity contribution is -0.0782. The third-order valence-corrected chi connectivity index (χ3v) is 3.96. The highest BCUT2D eigenvalue weighted by molar-refractivity contribution is 4.85. The predicted molar refractivity (Wildman–Crippen MR) is 68.1 cm³/mol. The summed E-state index contributed by atoms with van der Waals surface area (Å²) in [5.41, 5.74) is -0.519. The molecule has 2 rings (SSSR count). The van der Waals surface area contributed by atoms with Crippen LogP contribution in [-0.2, 0) is 4.74 Å². The molecule has 0 aliphatic carbocycles. The van der Waals surface area contributed by atoms with E-state index >= 15 is 0 Å². The van der Waals surface area contributed by atoms with Crippen LogP contribution >= 0.6 is 0 Å². The van der Waals surface area contributed by atoms with Crippen molar-refractivity contribution in [2.75, 3.05) is 46.4 Å². The smallest absolute Gasteiger partial charge is 0.0817 e. The van der Waals surface area contributed by atoms with Crippen molar-refractivity contribution in [1.29, 1.82) is 0 Å². The molecule has 0 aromatic heterocycles. The van der Waals surface area contributed by atoms with Crippen LogP contribution in [0.1, 0.15) is 25.7 Å². The molecule has 1 unspecified atom stereocenters. The number of nitrogens with one attached hydrogen (secondary N) is 1. The molecule has 0 aromatic carbocycles. The van der Waals surface area contributed by atoms with E-state index in [1.165, 1.54) is 19.4 Å². The lowest BCUT2D eigenvalue weighted by atomic mass is 9.93. The summed E-state index contributed by atoms with van der Waals surface area (Å²) >= 11 is 0. The summed E-state index contributed by atoms with van der Waals surface area (Å²) in [6, 6.07) is 0. The van der Waals surface area contributed by atoms with Crippen molar-refractivity contribution in [1.82, 2.24) is 10.2 Å². The topological polar surface area (TPSA) is 44.7 Å². The van der Waals surface area contributed by atoms with E-state index in [4.69, 9.17) is 4.74 Å². The number of likely N-dealkylation sites (N-methyl/N-ethyl adjacent to an activating group) is 1. The van der Waals surface area contributed by atoms with Crippen molar-refractivity contribution < 1.29 is 9.84 Å². The van der Waals surface area contributed by atoms with E-state index in [0.717, 1.165) is 38.4 Å². The summed E-state index contributed by atoms with van der Waals surface area (Å²) in [5.74, 6) is 0.747. The van der Waals surface area contributed by atoms with Gasteiger partial charge in [0.15, 0.2) is 0 Å². The van der Waals surface area contributed by atoms with Gasteiger partial charge in [-0.3, -0.25) is 0 Å². The van der Waals surface area contributed by atoms with Gasteiger partial charge in [-0.05, 0) is 38.9 Å². The quantitative estimate of drug-likeness (QED) is 0.752. The van der Waals surface area contributed by atoms with E-state index in [1.54, 1.807) is 0 Å². The molecule has 0 radical (unpaired) electrons. The van der Waals surface area contributed by atoms with Crippen molar-refractivity contribution in [2.45, 2.75) is 31.3 Å². The maximum absolute atomic E-state index is 10.4. The Morgan fingerprint density at radius 1 is 1.41 bits per heavy atom. The highest BCUT2D eigenvalue weighted by atomic mass is 16.5. The molecule has 2 saturated heterocycles. The molecule has 0 aromatic rings. The number of nitrogens with zero attached hydrogens (tertiary/aromatic N) is 1. The van der Waals surface area contributed by atoms with Crippen LogP contribution in [0.15, 0.2) is 0 Å². The highest BCUT2D eigenvalue weighted by Crippen LogP contribution is 2.22. The molecule has 0 saturated carbocycles. The summed E-state index contributed by atoms with van der Waals surface area (Å²) in [7, 11) is 2.13. The Hall–Kier alpha value is -0.160. The standard InChI is InChI=1S/C13H26N2O2/c1-15(10-12-3-2-6-14-9-12)11-13(16)4-7-17-8-5-13/h12,14,16H,2-11H2,1H3. The molecule has 1 atom stereocenters. The molecule has 4 heteroatoms. The number of aliphatic hydroxyl groups is 1. The van der Waals surface area contributed by atoms with Gasteiger partial charge in [-0.15, -0.1) is 0 Å². The average molecular weight is 242 g/mol. The molecule has 0 spiro atoms. The zero-order chi connectivity index (χ0) is 12.1. The normalized spacial score (nSPS) is 29.5. The van der Waals surface area contributed by atoms with Gasteiger partial charge in [0.05, 0.1) is 5.60 Å². The highest BCUT2D eigenvalue weighted by Gasteiger charge is 2.31. The Bertz CT molecular complexity index is 223. The maximum Gasteiger partial charge on any atom is 0.0817 e. The molecule has 2 aliphatic rings. The first-order chi connectivity index (χ1) is 8.18. The first kappa shape index (κ1) is 13.3. The fraction of sp³-hybridized carbons (Fsp3) is 1.00. The van der Waals surface area contributed by atoms with Crippen molar-refractivity contribution in [3.8, 4) is 0 Å². The SMILES string of the molecule is CN(CC1CCCNC1)CC1(O)CCOCC1. The third-order valence-electron chi connectivity index (χ3n) is 3.96. The molecule has 0 amide bonds. The van der Waals surface area contributed by atoms with Crippen LogP contribution in [0.3, 0.4) is 0 Å². The zero-order valence-corrected chi connectivity index (χ0v) is 11.0. The van der Waals surface area contributed by atoms with Crippen LogP contribution in [0.5, 0.6) is 0 Å². The van der Waals surface area contributed by atoms with Crippen molar-refractivity contribution in [2.24, 2.45) is 5.92 Å². The van der Waals surface area contributed by atoms with Crippen LogP contribution in [0.4, 0.5) is 0 Å². The van der Waals surface area contributed by atoms with E-state index in [0.29, 0.717) is 13.2 Å². The minimum absolute atomic E-state index is 0.519. The monoisotopic (exact) mass is 242 g/mol. The minimum atomic E-state index is -0.519. The number of hydrogen-bond acceptors (Lipinski definition) is 4. The third kappa shape index (κ3) is 4.21. The van der Waals surface area contributed by atoms with E-state index in [9.17, 15) is 5.11 Å². The lowest BCUT2D eigenvalue weighted by Crippen LogP contribution is -2.47. The average Bonchev–Trinajstić information content (AvgIpc) is 2.30. The summed E-state index contributed by atoms with van der Waals surface area (Å²) in [6.07, 6.45) is 4.16. The van der Waals surface area contributed by atoms with Crippen molar-refractivity contribution in [3.05, 3.63) is 0 Å².